The van der Waals surface area contributed by atoms with E-state index in [-0.39, 0.29) is 53.0 Å². The average Bonchev–Trinajstić information content (AvgIpc) is 3.47. The van der Waals surface area contributed by atoms with E-state index in [0.717, 1.165) is 0 Å². The first kappa shape index (κ1) is 35.4. The van der Waals surface area contributed by atoms with Crippen molar-refractivity contribution < 1.29 is 72.8 Å². The molecule has 0 amide bonds. The van der Waals surface area contributed by atoms with Crippen LogP contribution in [0.1, 0.15) is 75.3 Å². The van der Waals surface area contributed by atoms with E-state index in [1.165, 1.54) is 32.4 Å². The van der Waals surface area contributed by atoms with Crippen LogP contribution in [0.15, 0.2) is 18.2 Å². The van der Waals surface area contributed by atoms with Crippen molar-refractivity contribution in [1.29, 1.82) is 0 Å². The summed E-state index contributed by atoms with van der Waals surface area (Å²) in [6.45, 7) is 1.47. The summed E-state index contributed by atoms with van der Waals surface area (Å²) in [5, 5.41) is 44.5. The largest absolute Gasteiger partial charge is 0.507 e. The summed E-state index contributed by atoms with van der Waals surface area (Å²) < 4.78 is 40.6. The Bertz CT molecular complexity index is 1780. The molecule has 0 bridgehead atoms. The number of fused-ring (bicyclic) bond motifs is 6. The number of carbonyl (C=O) groups is 4. The van der Waals surface area contributed by atoms with E-state index >= 15 is 0 Å². The van der Waals surface area contributed by atoms with Crippen LogP contribution < -0.4 is 4.74 Å². The van der Waals surface area contributed by atoms with E-state index in [2.05, 4.69) is 4.90 Å². The minimum absolute atomic E-state index is 0.0326. The lowest BCUT2D eigenvalue weighted by Gasteiger charge is -2.43. The van der Waals surface area contributed by atoms with Gasteiger partial charge >= 0.3 is 5.97 Å². The summed E-state index contributed by atoms with van der Waals surface area (Å²) in [5.74, 6) is -4.55. The standard InChI is InChI=1S/C35H39NO15/c1-15-32-19(36-7-8-48-34(46-3)33(36)51-32)9-23(49-15)50-21-12-35(44,10-16(37)13-47-14-22(38)39)11-18-25(21)31(43)27-26(29(18)41)28(40)17-5-4-6-20(45-2)24(17)30(27)42/h4-6,15,19,21,23,32-34,41,43-44H,7-14H2,1-3H3,(H,38,39)/t15-,19?,21-,23-,32?,33+,34-,35-/m0/s1. The Balaban J connectivity index is 1.26. The Morgan fingerprint density at radius 1 is 1.04 bits per heavy atom. The average molecular weight is 714 g/mol. The fourth-order valence-corrected chi connectivity index (χ4v) is 8.21. The number of ketones is 3. The van der Waals surface area contributed by atoms with E-state index in [1.54, 1.807) is 0 Å². The number of ether oxygens (including phenoxy) is 7. The highest BCUT2D eigenvalue weighted by Gasteiger charge is 2.54. The van der Waals surface area contributed by atoms with Gasteiger partial charge in [0.1, 0.15) is 36.6 Å². The molecule has 0 saturated carbocycles. The highest BCUT2D eigenvalue weighted by Crippen LogP contribution is 2.53. The van der Waals surface area contributed by atoms with Crippen LogP contribution in [0.3, 0.4) is 0 Å². The van der Waals surface area contributed by atoms with E-state index in [1.807, 2.05) is 6.92 Å². The lowest BCUT2D eigenvalue weighted by molar-refractivity contribution is -0.256. The SMILES string of the molecule is COc1cccc2c1C(=O)c1c(O)c3c(c(O)c1C2=O)C[C@@](O)(CC(=O)COCC(=O)O)C[C@@H]3O[C@H]1CC2C(O[C@@H]3[C@@H](OC)OCCN23)[C@H](C)O1. The van der Waals surface area contributed by atoms with Gasteiger partial charge in [-0.25, -0.2) is 4.79 Å². The van der Waals surface area contributed by atoms with Crippen molar-refractivity contribution >= 4 is 23.3 Å². The molecular weight excluding hydrogens is 674 g/mol. The minimum atomic E-state index is -1.91. The van der Waals surface area contributed by atoms with Crippen molar-refractivity contribution in [1.82, 2.24) is 4.90 Å². The number of aromatic hydroxyl groups is 2. The van der Waals surface area contributed by atoms with Gasteiger partial charge in [-0.05, 0) is 13.0 Å². The number of phenols is 2. The number of aliphatic hydroxyl groups is 1. The molecule has 16 heteroatoms. The second-order valence-corrected chi connectivity index (χ2v) is 13.5. The zero-order valence-electron chi connectivity index (χ0n) is 28.2. The number of rotatable bonds is 10. The molecule has 5 aliphatic rings. The number of hydrogen-bond acceptors (Lipinski definition) is 15. The van der Waals surface area contributed by atoms with Crippen LogP contribution in [-0.4, -0.2) is 132 Å². The van der Waals surface area contributed by atoms with E-state index < -0.39 is 109 Å². The summed E-state index contributed by atoms with van der Waals surface area (Å²) in [7, 11) is 2.87. The molecule has 3 saturated heterocycles. The summed E-state index contributed by atoms with van der Waals surface area (Å²) in [5.41, 5.74) is -3.03. The molecule has 4 N–H and O–H groups in total. The molecule has 3 heterocycles. The van der Waals surface area contributed by atoms with Gasteiger partial charge in [0.25, 0.3) is 0 Å². The van der Waals surface area contributed by atoms with E-state index in [9.17, 15) is 34.5 Å². The van der Waals surface area contributed by atoms with Crippen LogP contribution in [0.4, 0.5) is 0 Å². The van der Waals surface area contributed by atoms with Crippen molar-refractivity contribution in [2.24, 2.45) is 0 Å². The quantitative estimate of drug-likeness (QED) is 0.217. The Kier molecular flexibility index (Phi) is 9.39. The number of carbonyl (C=O) groups excluding carboxylic acids is 3. The van der Waals surface area contributed by atoms with Gasteiger partial charge in [0.15, 0.2) is 30.4 Å². The first-order chi connectivity index (χ1) is 24.4. The summed E-state index contributed by atoms with van der Waals surface area (Å²) in [6, 6.07) is 4.24. The third-order valence-electron chi connectivity index (χ3n) is 10.3. The molecule has 0 aromatic heterocycles. The lowest BCUT2D eigenvalue weighted by atomic mass is 9.71. The molecule has 16 nitrogen and oxygen atoms in total. The van der Waals surface area contributed by atoms with Crippen molar-refractivity contribution in [3.63, 3.8) is 0 Å². The fraction of sp³-hybridized carbons (Fsp3) is 0.543. The Hall–Kier alpha value is -4.00. The number of nitrogens with zero attached hydrogens (tertiary/aromatic N) is 1. The summed E-state index contributed by atoms with van der Waals surface area (Å²) >= 11 is 0. The van der Waals surface area contributed by atoms with Gasteiger partial charge in [0, 0.05) is 62.1 Å². The van der Waals surface area contributed by atoms with Gasteiger partial charge in [-0.15, -0.1) is 0 Å². The Labute approximate surface area is 291 Å². The molecule has 274 valence electrons. The van der Waals surface area contributed by atoms with Crippen molar-refractivity contribution in [2.45, 2.75) is 81.4 Å². The van der Waals surface area contributed by atoms with Gasteiger partial charge in [0.2, 0.25) is 5.78 Å². The predicted molar refractivity (Wildman–Crippen MR) is 170 cm³/mol. The minimum Gasteiger partial charge on any atom is -0.507 e. The van der Waals surface area contributed by atoms with Crippen molar-refractivity contribution in [2.75, 3.05) is 40.6 Å². The molecule has 2 aromatic rings. The molecule has 51 heavy (non-hydrogen) atoms. The topological polar surface area (TPSA) is 217 Å². The predicted octanol–water partition coefficient (Wildman–Crippen LogP) is 1.21. The molecule has 2 unspecified atom stereocenters. The van der Waals surface area contributed by atoms with E-state index in [0.29, 0.717) is 13.2 Å². The zero-order valence-corrected chi connectivity index (χ0v) is 28.2. The second-order valence-electron chi connectivity index (χ2n) is 13.5. The highest BCUT2D eigenvalue weighted by molar-refractivity contribution is 6.31. The molecule has 7 rings (SSSR count). The van der Waals surface area contributed by atoms with Gasteiger partial charge in [-0.3, -0.25) is 19.3 Å². The van der Waals surface area contributed by atoms with Crippen molar-refractivity contribution in [3.8, 4) is 17.2 Å². The summed E-state index contributed by atoms with van der Waals surface area (Å²) in [4.78, 5) is 53.8. The fourth-order valence-electron chi connectivity index (χ4n) is 8.21. The van der Waals surface area contributed by atoms with Crippen LogP contribution in [0, 0.1) is 0 Å². The maximum absolute atomic E-state index is 14.0. The van der Waals surface area contributed by atoms with Crippen LogP contribution in [0.25, 0.3) is 0 Å². The maximum atomic E-state index is 14.0. The van der Waals surface area contributed by atoms with Crippen LogP contribution in [-0.2, 0) is 44.4 Å². The molecule has 3 fully saturated rings. The van der Waals surface area contributed by atoms with Gasteiger partial charge in [-0.2, -0.15) is 0 Å². The molecule has 3 aliphatic heterocycles. The maximum Gasteiger partial charge on any atom is 0.329 e. The third-order valence-corrected chi connectivity index (χ3v) is 10.3. The van der Waals surface area contributed by atoms with Crippen LogP contribution in [0.5, 0.6) is 17.2 Å². The molecule has 8 atom stereocenters. The number of morpholine rings is 1. The normalized spacial score (nSPS) is 31.3. The van der Waals surface area contributed by atoms with Crippen LogP contribution in [0.2, 0.25) is 0 Å². The number of benzene rings is 2. The van der Waals surface area contributed by atoms with Crippen molar-refractivity contribution in [3.05, 3.63) is 51.6 Å². The molecule has 0 radical (unpaired) electrons. The molecule has 2 aromatic carbocycles. The summed E-state index contributed by atoms with van der Waals surface area (Å²) in [6.07, 6.45) is -5.10. The Morgan fingerprint density at radius 2 is 1.80 bits per heavy atom. The van der Waals surface area contributed by atoms with Crippen LogP contribution >= 0.6 is 0 Å². The first-order valence-corrected chi connectivity index (χ1v) is 16.6. The number of aliphatic carboxylic acids is 1. The molecule has 0 spiro atoms. The lowest BCUT2D eigenvalue weighted by Crippen LogP contribution is -2.55. The number of carboxylic acid groups (broad SMARTS) is 1. The van der Waals surface area contributed by atoms with Gasteiger partial charge < -0.3 is 53.6 Å². The number of Topliss-reactive ketones (excluding diaryl/α,β-unsaturated/α-hetero) is 1. The monoisotopic (exact) mass is 713 g/mol. The Morgan fingerprint density at radius 3 is 2.53 bits per heavy atom. The second kappa shape index (κ2) is 13.5. The smallest absolute Gasteiger partial charge is 0.329 e. The number of phenolic OH excluding ortho intramolecular Hbond substituents is 2. The molecular formula is C35H39NO15. The van der Waals surface area contributed by atoms with Gasteiger partial charge in [0.05, 0.1) is 48.2 Å². The third kappa shape index (κ3) is 6.08. The first-order valence-electron chi connectivity index (χ1n) is 16.6. The van der Waals surface area contributed by atoms with Gasteiger partial charge in [-0.1, -0.05) is 12.1 Å². The highest BCUT2D eigenvalue weighted by atomic mass is 16.7. The number of carboxylic acids is 1. The number of methoxy groups -OCH3 is 2. The zero-order chi connectivity index (χ0) is 36.4. The van der Waals surface area contributed by atoms with E-state index in [4.69, 9.17) is 38.3 Å². The molecule has 2 aliphatic carbocycles. The number of hydrogen-bond donors (Lipinski definition) is 4.